The zero-order valence-corrected chi connectivity index (χ0v) is 12.4. The van der Waals surface area contributed by atoms with Gasteiger partial charge in [0.1, 0.15) is 5.82 Å². The van der Waals surface area contributed by atoms with Crippen LogP contribution in [0.15, 0.2) is 34.9 Å². The summed E-state index contributed by atoms with van der Waals surface area (Å²) in [6.07, 6.45) is 1.10. The van der Waals surface area contributed by atoms with Crippen LogP contribution in [0.5, 0.6) is 0 Å². The summed E-state index contributed by atoms with van der Waals surface area (Å²) in [4.78, 5) is 15.7. The molecule has 7 heteroatoms. The van der Waals surface area contributed by atoms with Gasteiger partial charge in [-0.15, -0.1) is 0 Å². The number of rotatable bonds is 2. The van der Waals surface area contributed by atoms with Gasteiger partial charge in [0.25, 0.3) is 0 Å². The first-order chi connectivity index (χ1) is 10.1. The van der Waals surface area contributed by atoms with Gasteiger partial charge >= 0.3 is 5.97 Å². The average Bonchev–Trinajstić information content (AvgIpc) is 2.90. The van der Waals surface area contributed by atoms with Crippen LogP contribution in [0.3, 0.4) is 0 Å². The first kappa shape index (κ1) is 13.7. The number of halogens is 2. The molecule has 0 aliphatic rings. The fraction of sp³-hybridized carbons (Fsp3) is 0.0714. The lowest BCUT2D eigenvalue weighted by molar-refractivity contribution is 0.0596. The molecule has 0 aliphatic heterocycles. The molecule has 0 aliphatic carbocycles. The standard InChI is InChI=1S/C14H9BrFN3O2/c1-21-14(20)12-11-10(7-3-2-4-8(15)5-7)9(16)6-17-13(11)19-18-12/h2-6H,1H3,(H,17,18,19). The Kier molecular flexibility index (Phi) is 3.42. The molecule has 0 bridgehead atoms. The van der Waals surface area contributed by atoms with Crippen molar-refractivity contribution in [3.63, 3.8) is 0 Å². The molecule has 2 heterocycles. The number of methoxy groups -OCH3 is 1. The normalized spacial score (nSPS) is 10.8. The minimum Gasteiger partial charge on any atom is -0.464 e. The van der Waals surface area contributed by atoms with E-state index >= 15 is 0 Å². The number of carbonyl (C=O) groups is 1. The monoisotopic (exact) mass is 349 g/mol. The molecular weight excluding hydrogens is 341 g/mol. The van der Waals surface area contributed by atoms with Crippen molar-refractivity contribution in [2.24, 2.45) is 0 Å². The number of esters is 1. The van der Waals surface area contributed by atoms with Crippen LogP contribution in [-0.2, 0) is 4.74 Å². The summed E-state index contributed by atoms with van der Waals surface area (Å²) >= 11 is 3.35. The summed E-state index contributed by atoms with van der Waals surface area (Å²) in [5.41, 5.74) is 1.21. The van der Waals surface area contributed by atoms with Crippen LogP contribution in [0.1, 0.15) is 10.5 Å². The van der Waals surface area contributed by atoms with Gasteiger partial charge in [0.05, 0.1) is 18.7 Å². The number of aromatic amines is 1. The van der Waals surface area contributed by atoms with E-state index < -0.39 is 11.8 Å². The summed E-state index contributed by atoms with van der Waals surface area (Å²) in [7, 11) is 1.24. The number of fused-ring (bicyclic) bond motifs is 1. The third-order valence-electron chi connectivity index (χ3n) is 3.04. The van der Waals surface area contributed by atoms with E-state index in [2.05, 4.69) is 35.8 Å². The van der Waals surface area contributed by atoms with E-state index in [4.69, 9.17) is 0 Å². The maximum atomic E-state index is 14.3. The minimum atomic E-state index is -0.648. The minimum absolute atomic E-state index is 0.00877. The number of benzene rings is 1. The Morgan fingerprint density at radius 1 is 1.43 bits per heavy atom. The molecule has 1 aromatic carbocycles. The second kappa shape index (κ2) is 5.25. The second-order valence-electron chi connectivity index (χ2n) is 4.28. The second-order valence-corrected chi connectivity index (χ2v) is 5.19. The number of nitrogens with zero attached hydrogens (tertiary/aromatic N) is 2. The zero-order chi connectivity index (χ0) is 15.0. The topological polar surface area (TPSA) is 67.9 Å². The smallest absolute Gasteiger partial charge is 0.359 e. The van der Waals surface area contributed by atoms with Crippen molar-refractivity contribution in [1.82, 2.24) is 15.2 Å². The average molecular weight is 350 g/mol. The number of hydrogen-bond donors (Lipinski definition) is 1. The van der Waals surface area contributed by atoms with Crippen LogP contribution in [0.2, 0.25) is 0 Å². The molecule has 3 rings (SSSR count). The van der Waals surface area contributed by atoms with Crippen molar-refractivity contribution >= 4 is 32.9 Å². The van der Waals surface area contributed by atoms with E-state index in [1.54, 1.807) is 18.2 Å². The predicted octanol–water partition coefficient (Wildman–Crippen LogP) is 3.31. The number of H-pyrrole nitrogens is 1. The number of hydrogen-bond acceptors (Lipinski definition) is 4. The first-order valence-corrected chi connectivity index (χ1v) is 6.78. The molecular formula is C14H9BrFN3O2. The number of ether oxygens (including phenoxy) is 1. The van der Waals surface area contributed by atoms with Gasteiger partial charge in [0.15, 0.2) is 11.3 Å². The fourth-order valence-corrected chi connectivity index (χ4v) is 2.54. The van der Waals surface area contributed by atoms with Crippen LogP contribution in [0, 0.1) is 5.82 Å². The summed E-state index contributed by atoms with van der Waals surface area (Å²) in [6.45, 7) is 0. The Morgan fingerprint density at radius 3 is 2.95 bits per heavy atom. The molecule has 106 valence electrons. The summed E-state index contributed by atoms with van der Waals surface area (Å²) in [5, 5.41) is 6.80. The van der Waals surface area contributed by atoms with Gasteiger partial charge in [-0.1, -0.05) is 28.1 Å². The predicted molar refractivity (Wildman–Crippen MR) is 78.3 cm³/mol. The SMILES string of the molecule is COC(=O)c1n[nH]c2ncc(F)c(-c3cccc(Br)c3)c12. The zero-order valence-electron chi connectivity index (χ0n) is 10.9. The molecule has 5 nitrogen and oxygen atoms in total. The quantitative estimate of drug-likeness (QED) is 0.720. The molecule has 0 amide bonds. The fourth-order valence-electron chi connectivity index (χ4n) is 2.14. The van der Waals surface area contributed by atoms with Gasteiger partial charge in [-0.05, 0) is 17.7 Å². The summed E-state index contributed by atoms with van der Waals surface area (Å²) < 4.78 is 19.8. The lowest BCUT2D eigenvalue weighted by Gasteiger charge is -2.06. The molecule has 3 aromatic rings. The van der Waals surface area contributed by atoms with Gasteiger partial charge in [-0.3, -0.25) is 5.10 Å². The molecule has 2 aromatic heterocycles. The highest BCUT2D eigenvalue weighted by Crippen LogP contribution is 2.33. The summed E-state index contributed by atoms with van der Waals surface area (Å²) in [6, 6.07) is 7.11. The molecule has 21 heavy (non-hydrogen) atoms. The molecule has 0 radical (unpaired) electrons. The van der Waals surface area contributed by atoms with E-state index in [-0.39, 0.29) is 11.3 Å². The van der Waals surface area contributed by atoms with Crippen LogP contribution in [0.25, 0.3) is 22.2 Å². The highest BCUT2D eigenvalue weighted by atomic mass is 79.9. The highest BCUT2D eigenvalue weighted by molar-refractivity contribution is 9.10. The van der Waals surface area contributed by atoms with E-state index in [0.29, 0.717) is 16.6 Å². The maximum absolute atomic E-state index is 14.3. The molecule has 0 spiro atoms. The van der Waals surface area contributed by atoms with Crippen LogP contribution >= 0.6 is 15.9 Å². The van der Waals surface area contributed by atoms with Crippen molar-refractivity contribution in [3.05, 3.63) is 46.4 Å². The van der Waals surface area contributed by atoms with Crippen molar-refractivity contribution in [2.45, 2.75) is 0 Å². The van der Waals surface area contributed by atoms with Crippen molar-refractivity contribution in [2.75, 3.05) is 7.11 Å². The Labute approximate surface area is 127 Å². The van der Waals surface area contributed by atoms with Crippen molar-refractivity contribution in [1.29, 1.82) is 0 Å². The van der Waals surface area contributed by atoms with Gasteiger partial charge in [-0.2, -0.15) is 5.10 Å². The van der Waals surface area contributed by atoms with Gasteiger partial charge in [0.2, 0.25) is 0 Å². The first-order valence-electron chi connectivity index (χ1n) is 5.98. The van der Waals surface area contributed by atoms with E-state index in [9.17, 15) is 9.18 Å². The van der Waals surface area contributed by atoms with Gasteiger partial charge in [0, 0.05) is 10.0 Å². The summed E-state index contributed by atoms with van der Waals surface area (Å²) in [5.74, 6) is -1.18. The van der Waals surface area contributed by atoms with E-state index in [1.807, 2.05) is 6.07 Å². The number of carbonyl (C=O) groups excluding carboxylic acids is 1. The Balaban J connectivity index is 2.37. The van der Waals surface area contributed by atoms with Crippen molar-refractivity contribution in [3.8, 4) is 11.1 Å². The molecule has 0 atom stereocenters. The largest absolute Gasteiger partial charge is 0.464 e. The Hall–Kier alpha value is -2.28. The van der Waals surface area contributed by atoms with E-state index in [1.165, 1.54) is 7.11 Å². The van der Waals surface area contributed by atoms with Gasteiger partial charge in [-0.25, -0.2) is 14.2 Å². The Bertz CT molecular complexity index is 847. The number of nitrogens with one attached hydrogen (secondary N) is 1. The van der Waals surface area contributed by atoms with E-state index in [0.717, 1.165) is 10.7 Å². The maximum Gasteiger partial charge on any atom is 0.359 e. The lowest BCUT2D eigenvalue weighted by atomic mass is 10.0. The Morgan fingerprint density at radius 2 is 2.24 bits per heavy atom. The third-order valence-corrected chi connectivity index (χ3v) is 3.53. The number of aromatic nitrogens is 3. The molecule has 0 saturated heterocycles. The molecule has 1 N–H and O–H groups in total. The molecule has 0 unspecified atom stereocenters. The highest BCUT2D eigenvalue weighted by Gasteiger charge is 2.22. The van der Waals surface area contributed by atoms with Crippen LogP contribution < -0.4 is 0 Å². The van der Waals surface area contributed by atoms with Crippen LogP contribution in [-0.4, -0.2) is 28.3 Å². The van der Waals surface area contributed by atoms with Crippen LogP contribution in [0.4, 0.5) is 4.39 Å². The lowest BCUT2D eigenvalue weighted by Crippen LogP contribution is -2.03. The van der Waals surface area contributed by atoms with Gasteiger partial charge < -0.3 is 4.74 Å². The third kappa shape index (κ3) is 2.29. The van der Waals surface area contributed by atoms with Crippen molar-refractivity contribution < 1.29 is 13.9 Å². The number of pyridine rings is 1. The molecule has 0 saturated carbocycles. The molecule has 0 fully saturated rings.